The average molecular weight is 313 g/mol. The molecule has 0 amide bonds. The maximum absolute atomic E-state index is 9.22. The minimum atomic E-state index is 0.102. The molecule has 114 valence electrons. The quantitative estimate of drug-likeness (QED) is 0.802. The van der Waals surface area contributed by atoms with E-state index in [1.54, 1.807) is 11.3 Å². The molecule has 1 aromatic carbocycles. The van der Waals surface area contributed by atoms with Gasteiger partial charge in [0.1, 0.15) is 16.5 Å². The van der Waals surface area contributed by atoms with Gasteiger partial charge in [-0.15, -0.1) is 11.3 Å². The summed E-state index contributed by atoms with van der Waals surface area (Å²) in [5, 5.41) is 12.4. The molecule has 2 heterocycles. The number of aryl methyl sites for hydroxylation is 2. The second-order valence-electron chi connectivity index (χ2n) is 5.44. The van der Waals surface area contributed by atoms with Crippen LogP contribution in [-0.2, 0) is 0 Å². The molecule has 0 aliphatic heterocycles. The first-order valence-electron chi connectivity index (χ1n) is 7.25. The summed E-state index contributed by atoms with van der Waals surface area (Å²) in [5.74, 6) is 1.64. The molecule has 0 aliphatic rings. The molecule has 0 saturated heterocycles. The lowest BCUT2D eigenvalue weighted by Crippen LogP contribution is -2.23. The van der Waals surface area contributed by atoms with Gasteiger partial charge in [-0.2, -0.15) is 0 Å². The van der Waals surface area contributed by atoms with E-state index in [4.69, 9.17) is 0 Å². The van der Waals surface area contributed by atoms with Gasteiger partial charge in [-0.05, 0) is 19.4 Å². The Morgan fingerprint density at radius 2 is 1.86 bits per heavy atom. The van der Waals surface area contributed by atoms with Crippen molar-refractivity contribution in [2.24, 2.45) is 0 Å². The van der Waals surface area contributed by atoms with Crippen molar-refractivity contribution in [2.45, 2.75) is 13.8 Å². The third-order valence-electron chi connectivity index (χ3n) is 3.69. The molecule has 1 N–H and O–H groups in total. The summed E-state index contributed by atoms with van der Waals surface area (Å²) in [4.78, 5) is 12.1. The van der Waals surface area contributed by atoms with Crippen molar-refractivity contribution in [3.05, 3.63) is 41.0 Å². The first-order valence-corrected chi connectivity index (χ1v) is 8.13. The molecule has 5 heteroatoms. The van der Waals surface area contributed by atoms with E-state index >= 15 is 0 Å². The number of aliphatic hydroxyl groups excluding tert-OH is 1. The molecule has 3 rings (SSSR count). The van der Waals surface area contributed by atoms with Gasteiger partial charge in [0.25, 0.3) is 0 Å². The second-order valence-corrected chi connectivity index (χ2v) is 6.29. The number of fused-ring (bicyclic) bond motifs is 1. The van der Waals surface area contributed by atoms with Crippen LogP contribution < -0.4 is 4.90 Å². The Kier molecular flexibility index (Phi) is 4.09. The smallest absolute Gasteiger partial charge is 0.141 e. The van der Waals surface area contributed by atoms with Crippen LogP contribution in [0.1, 0.15) is 11.4 Å². The summed E-state index contributed by atoms with van der Waals surface area (Å²) in [5.41, 5.74) is 3.57. The van der Waals surface area contributed by atoms with E-state index in [1.807, 2.05) is 18.9 Å². The van der Waals surface area contributed by atoms with Crippen LogP contribution in [0.2, 0.25) is 0 Å². The average Bonchev–Trinajstić information content (AvgIpc) is 2.91. The number of anilines is 1. The highest BCUT2D eigenvalue weighted by atomic mass is 32.1. The molecular formula is C17H19N3OS. The number of aromatic nitrogens is 2. The highest BCUT2D eigenvalue weighted by molar-refractivity contribution is 7.17. The van der Waals surface area contributed by atoms with Crippen LogP contribution in [-0.4, -0.2) is 35.3 Å². The van der Waals surface area contributed by atoms with Crippen LogP contribution in [0, 0.1) is 13.8 Å². The van der Waals surface area contributed by atoms with Gasteiger partial charge in [0.05, 0.1) is 12.0 Å². The lowest BCUT2D eigenvalue weighted by Gasteiger charge is -2.18. The molecule has 0 saturated carbocycles. The van der Waals surface area contributed by atoms with E-state index in [2.05, 4.69) is 46.5 Å². The number of rotatable bonds is 4. The van der Waals surface area contributed by atoms with Crippen molar-refractivity contribution >= 4 is 27.4 Å². The Bertz CT molecular complexity index is 796. The van der Waals surface area contributed by atoms with Crippen LogP contribution in [0.3, 0.4) is 0 Å². The van der Waals surface area contributed by atoms with Gasteiger partial charge in [0.2, 0.25) is 0 Å². The van der Waals surface area contributed by atoms with E-state index in [0.717, 1.165) is 27.4 Å². The highest BCUT2D eigenvalue weighted by Crippen LogP contribution is 2.38. The van der Waals surface area contributed by atoms with Crippen molar-refractivity contribution < 1.29 is 5.11 Å². The standard InChI is InChI=1S/C17H19N3OS/c1-11-4-6-13(7-5-11)14-10-22-17-15(14)16(18-12(2)19-17)20(3)8-9-21/h4-7,10,21H,8-9H2,1-3H3. The molecule has 0 bridgehead atoms. The summed E-state index contributed by atoms with van der Waals surface area (Å²) < 4.78 is 0. The molecule has 0 spiro atoms. The van der Waals surface area contributed by atoms with Crippen LogP contribution in [0.5, 0.6) is 0 Å². The maximum atomic E-state index is 9.22. The van der Waals surface area contributed by atoms with Gasteiger partial charge >= 0.3 is 0 Å². The van der Waals surface area contributed by atoms with Gasteiger partial charge in [-0.1, -0.05) is 29.8 Å². The van der Waals surface area contributed by atoms with E-state index in [0.29, 0.717) is 6.54 Å². The number of thiophene rings is 1. The molecule has 3 aromatic rings. The van der Waals surface area contributed by atoms with E-state index in [9.17, 15) is 5.11 Å². The van der Waals surface area contributed by atoms with Crippen LogP contribution in [0.4, 0.5) is 5.82 Å². The fraction of sp³-hybridized carbons (Fsp3) is 0.294. The molecule has 0 radical (unpaired) electrons. The molecule has 4 nitrogen and oxygen atoms in total. The molecule has 2 aromatic heterocycles. The van der Waals surface area contributed by atoms with Crippen molar-refractivity contribution in [1.29, 1.82) is 0 Å². The number of hydrogen-bond donors (Lipinski definition) is 1. The highest BCUT2D eigenvalue weighted by Gasteiger charge is 2.16. The SMILES string of the molecule is Cc1ccc(-c2csc3nc(C)nc(N(C)CCO)c23)cc1. The lowest BCUT2D eigenvalue weighted by molar-refractivity contribution is 0.304. The van der Waals surface area contributed by atoms with Crippen LogP contribution >= 0.6 is 11.3 Å². The molecule has 22 heavy (non-hydrogen) atoms. The summed E-state index contributed by atoms with van der Waals surface area (Å²) in [6.07, 6.45) is 0. The predicted molar refractivity (Wildman–Crippen MR) is 92.7 cm³/mol. The van der Waals surface area contributed by atoms with Crippen molar-refractivity contribution in [2.75, 3.05) is 25.1 Å². The van der Waals surface area contributed by atoms with Crippen molar-refractivity contribution in [3.8, 4) is 11.1 Å². The van der Waals surface area contributed by atoms with E-state index in [1.165, 1.54) is 11.1 Å². The Morgan fingerprint density at radius 3 is 2.55 bits per heavy atom. The minimum absolute atomic E-state index is 0.102. The first kappa shape index (κ1) is 14.9. The molecule has 0 unspecified atom stereocenters. The fourth-order valence-electron chi connectivity index (χ4n) is 2.50. The predicted octanol–water partition coefficient (Wildman–Crippen LogP) is 3.40. The second kappa shape index (κ2) is 6.02. The molecular weight excluding hydrogens is 294 g/mol. The topological polar surface area (TPSA) is 49.2 Å². The number of hydrogen-bond acceptors (Lipinski definition) is 5. The third-order valence-corrected chi connectivity index (χ3v) is 4.56. The number of likely N-dealkylation sites (N-methyl/N-ethyl adjacent to an activating group) is 1. The number of benzene rings is 1. The normalized spacial score (nSPS) is 11.1. The van der Waals surface area contributed by atoms with Crippen molar-refractivity contribution in [1.82, 2.24) is 9.97 Å². The van der Waals surface area contributed by atoms with Gasteiger partial charge < -0.3 is 10.0 Å². The van der Waals surface area contributed by atoms with E-state index in [-0.39, 0.29) is 6.61 Å². The molecule has 0 atom stereocenters. The third kappa shape index (κ3) is 2.69. The zero-order chi connectivity index (χ0) is 15.7. The van der Waals surface area contributed by atoms with Gasteiger partial charge in [-0.25, -0.2) is 9.97 Å². The van der Waals surface area contributed by atoms with Crippen molar-refractivity contribution in [3.63, 3.8) is 0 Å². The fourth-order valence-corrected chi connectivity index (χ4v) is 3.49. The summed E-state index contributed by atoms with van der Waals surface area (Å²) in [6, 6.07) is 8.50. The maximum Gasteiger partial charge on any atom is 0.141 e. The molecule has 0 fully saturated rings. The van der Waals surface area contributed by atoms with Gasteiger partial charge in [0.15, 0.2) is 0 Å². The first-order chi connectivity index (χ1) is 10.6. The summed E-state index contributed by atoms with van der Waals surface area (Å²) in [6.45, 7) is 4.64. The molecule has 0 aliphatic carbocycles. The van der Waals surface area contributed by atoms with Gasteiger partial charge in [0, 0.05) is 24.5 Å². The minimum Gasteiger partial charge on any atom is -0.395 e. The Morgan fingerprint density at radius 1 is 1.14 bits per heavy atom. The summed E-state index contributed by atoms with van der Waals surface area (Å²) in [7, 11) is 1.95. The summed E-state index contributed by atoms with van der Waals surface area (Å²) >= 11 is 1.64. The van der Waals surface area contributed by atoms with Crippen LogP contribution in [0.25, 0.3) is 21.3 Å². The number of aliphatic hydroxyl groups is 1. The zero-order valence-corrected chi connectivity index (χ0v) is 13.8. The lowest BCUT2D eigenvalue weighted by atomic mass is 10.0. The van der Waals surface area contributed by atoms with E-state index < -0.39 is 0 Å². The largest absolute Gasteiger partial charge is 0.395 e. The Hall–Kier alpha value is -1.98. The zero-order valence-electron chi connectivity index (χ0n) is 13.0. The Labute approximate surface area is 134 Å². The van der Waals surface area contributed by atoms with Gasteiger partial charge in [-0.3, -0.25) is 0 Å². The Balaban J connectivity index is 2.21. The number of nitrogens with zero attached hydrogens (tertiary/aromatic N) is 3. The monoisotopic (exact) mass is 313 g/mol. The van der Waals surface area contributed by atoms with Crippen LogP contribution in [0.15, 0.2) is 29.6 Å².